The number of aromatic hydroxyl groups is 1. The monoisotopic (exact) mass is 358 g/mol. The molecule has 2 aromatic heterocycles. The number of hydrogen-bond acceptors (Lipinski definition) is 5. The Morgan fingerprint density at radius 1 is 1.00 bits per heavy atom. The van der Waals surface area contributed by atoms with Crippen molar-refractivity contribution in [1.82, 2.24) is 9.38 Å². The van der Waals surface area contributed by atoms with Gasteiger partial charge in [-0.3, -0.25) is 4.40 Å². The van der Waals surface area contributed by atoms with Gasteiger partial charge in [-0.15, -0.1) is 10.2 Å². The van der Waals surface area contributed by atoms with Crippen LogP contribution in [0, 0.1) is 6.92 Å². The minimum atomic E-state index is 0.191. The molecule has 0 spiro atoms. The number of methoxy groups -OCH3 is 1. The largest absolute Gasteiger partial charge is 0.508 e. The van der Waals surface area contributed by atoms with Crippen LogP contribution in [0.25, 0.3) is 16.9 Å². The molecule has 0 bridgehead atoms. The van der Waals surface area contributed by atoms with Gasteiger partial charge in [0, 0.05) is 11.8 Å². The zero-order valence-electron chi connectivity index (χ0n) is 15.0. The van der Waals surface area contributed by atoms with Crippen LogP contribution in [-0.4, -0.2) is 21.6 Å². The summed E-state index contributed by atoms with van der Waals surface area (Å²) < 4.78 is 7.27. The molecule has 0 atom stereocenters. The number of rotatable bonds is 4. The fourth-order valence-electron chi connectivity index (χ4n) is 2.88. The number of phenols is 1. The standard InChI is InChI=1S/C21H18N4O2/c1-14-5-4-12-25-20(14)22-19(15-6-3-7-18(13-15)27-2)21(25)24-23-16-8-10-17(26)11-9-16/h3-13,26H,1-2H3. The molecule has 6 heteroatoms. The molecule has 2 heterocycles. The second kappa shape index (κ2) is 6.92. The van der Waals surface area contributed by atoms with E-state index in [1.807, 2.05) is 53.9 Å². The van der Waals surface area contributed by atoms with Gasteiger partial charge in [0.2, 0.25) is 0 Å². The lowest BCUT2D eigenvalue weighted by Gasteiger charge is -2.03. The Balaban J connectivity index is 1.88. The highest BCUT2D eigenvalue weighted by Crippen LogP contribution is 2.34. The Morgan fingerprint density at radius 3 is 2.59 bits per heavy atom. The Morgan fingerprint density at radius 2 is 1.81 bits per heavy atom. The number of benzene rings is 2. The van der Waals surface area contributed by atoms with Crippen LogP contribution in [0.2, 0.25) is 0 Å². The van der Waals surface area contributed by atoms with Gasteiger partial charge in [0.25, 0.3) is 0 Å². The fraction of sp³-hybridized carbons (Fsp3) is 0.0952. The molecule has 1 N–H and O–H groups in total. The molecule has 0 amide bonds. The van der Waals surface area contributed by atoms with Crippen molar-refractivity contribution in [2.24, 2.45) is 10.2 Å². The Kier molecular flexibility index (Phi) is 4.30. The minimum absolute atomic E-state index is 0.191. The average Bonchev–Trinajstić information content (AvgIpc) is 3.08. The topological polar surface area (TPSA) is 71.5 Å². The first kappa shape index (κ1) is 16.8. The summed E-state index contributed by atoms with van der Waals surface area (Å²) in [4.78, 5) is 4.80. The number of azo groups is 1. The van der Waals surface area contributed by atoms with Gasteiger partial charge in [0.15, 0.2) is 5.82 Å². The van der Waals surface area contributed by atoms with Crippen molar-refractivity contribution in [3.8, 4) is 22.8 Å². The van der Waals surface area contributed by atoms with Crippen LogP contribution in [0.5, 0.6) is 11.5 Å². The number of ether oxygens (including phenoxy) is 1. The molecular formula is C21H18N4O2. The normalized spacial score (nSPS) is 11.3. The highest BCUT2D eigenvalue weighted by molar-refractivity contribution is 5.76. The maximum atomic E-state index is 9.42. The molecule has 0 aliphatic carbocycles. The van der Waals surface area contributed by atoms with E-state index in [9.17, 15) is 5.11 Å². The van der Waals surface area contributed by atoms with Crippen LogP contribution in [-0.2, 0) is 0 Å². The van der Waals surface area contributed by atoms with Gasteiger partial charge in [0.1, 0.15) is 22.8 Å². The summed E-state index contributed by atoms with van der Waals surface area (Å²) in [7, 11) is 1.64. The van der Waals surface area contributed by atoms with Gasteiger partial charge >= 0.3 is 0 Å². The van der Waals surface area contributed by atoms with Crippen LogP contribution in [0.3, 0.4) is 0 Å². The predicted molar refractivity (Wildman–Crippen MR) is 104 cm³/mol. The van der Waals surface area contributed by atoms with Gasteiger partial charge in [-0.25, -0.2) is 4.98 Å². The van der Waals surface area contributed by atoms with Gasteiger partial charge in [-0.2, -0.15) is 0 Å². The van der Waals surface area contributed by atoms with Crippen LogP contribution >= 0.6 is 0 Å². The summed E-state index contributed by atoms with van der Waals surface area (Å²) in [5.74, 6) is 1.58. The van der Waals surface area contributed by atoms with E-state index in [0.29, 0.717) is 11.5 Å². The van der Waals surface area contributed by atoms with Gasteiger partial charge in [-0.1, -0.05) is 18.2 Å². The van der Waals surface area contributed by atoms with E-state index in [4.69, 9.17) is 9.72 Å². The highest BCUT2D eigenvalue weighted by Gasteiger charge is 2.15. The minimum Gasteiger partial charge on any atom is -0.508 e. The Bertz CT molecular complexity index is 1130. The van der Waals surface area contributed by atoms with Gasteiger partial charge in [0.05, 0.1) is 12.8 Å². The molecule has 0 aliphatic rings. The molecule has 27 heavy (non-hydrogen) atoms. The van der Waals surface area contributed by atoms with E-state index < -0.39 is 0 Å². The first-order valence-electron chi connectivity index (χ1n) is 8.48. The van der Waals surface area contributed by atoms with Gasteiger partial charge in [-0.05, 0) is 55.0 Å². The van der Waals surface area contributed by atoms with E-state index in [1.165, 1.54) is 0 Å². The summed E-state index contributed by atoms with van der Waals surface area (Å²) in [6.07, 6.45) is 1.92. The summed E-state index contributed by atoms with van der Waals surface area (Å²) in [5.41, 5.74) is 4.15. The molecule has 0 aliphatic heterocycles. The number of aromatic nitrogens is 2. The maximum absolute atomic E-state index is 9.42. The summed E-state index contributed by atoms with van der Waals surface area (Å²) in [6, 6.07) is 18.3. The first-order valence-corrected chi connectivity index (χ1v) is 8.48. The zero-order chi connectivity index (χ0) is 18.8. The van der Waals surface area contributed by atoms with Crippen LogP contribution in [0.15, 0.2) is 77.1 Å². The fourth-order valence-corrected chi connectivity index (χ4v) is 2.88. The van der Waals surface area contributed by atoms with Crippen molar-refractivity contribution in [3.63, 3.8) is 0 Å². The number of imidazole rings is 1. The second-order valence-corrected chi connectivity index (χ2v) is 6.12. The Labute approximate surface area is 156 Å². The number of nitrogens with zero attached hydrogens (tertiary/aromatic N) is 4. The van der Waals surface area contributed by atoms with Gasteiger partial charge < -0.3 is 9.84 Å². The SMILES string of the molecule is COc1cccc(-c2nc3c(C)cccn3c2N=Nc2ccc(O)cc2)c1. The average molecular weight is 358 g/mol. The quantitative estimate of drug-likeness (QED) is 0.494. The molecule has 0 unspecified atom stereocenters. The third-order valence-corrected chi connectivity index (χ3v) is 4.27. The molecule has 4 rings (SSSR count). The van der Waals surface area contributed by atoms with Crippen LogP contribution in [0.4, 0.5) is 11.5 Å². The lowest BCUT2D eigenvalue weighted by atomic mass is 10.1. The number of fused-ring (bicyclic) bond motifs is 1. The molecule has 0 radical (unpaired) electrons. The Hall–Kier alpha value is -3.67. The van der Waals surface area contributed by atoms with Crippen molar-refractivity contribution in [2.75, 3.05) is 7.11 Å². The summed E-state index contributed by atoms with van der Waals surface area (Å²) >= 11 is 0. The lowest BCUT2D eigenvalue weighted by molar-refractivity contribution is 0.415. The molecule has 0 fully saturated rings. The summed E-state index contributed by atoms with van der Waals surface area (Å²) in [5, 5.41) is 18.2. The van der Waals surface area contributed by atoms with E-state index in [0.717, 1.165) is 28.2 Å². The van der Waals surface area contributed by atoms with E-state index in [1.54, 1.807) is 31.4 Å². The smallest absolute Gasteiger partial charge is 0.187 e. The molecule has 2 aromatic carbocycles. The van der Waals surface area contributed by atoms with Crippen molar-refractivity contribution in [1.29, 1.82) is 0 Å². The third-order valence-electron chi connectivity index (χ3n) is 4.27. The van der Waals surface area contributed by atoms with E-state index in [-0.39, 0.29) is 5.75 Å². The van der Waals surface area contributed by atoms with Crippen molar-refractivity contribution < 1.29 is 9.84 Å². The van der Waals surface area contributed by atoms with Crippen molar-refractivity contribution in [2.45, 2.75) is 6.92 Å². The second-order valence-electron chi connectivity index (χ2n) is 6.12. The number of pyridine rings is 1. The van der Waals surface area contributed by atoms with Crippen molar-refractivity contribution in [3.05, 3.63) is 72.4 Å². The highest BCUT2D eigenvalue weighted by atomic mass is 16.5. The predicted octanol–water partition coefficient (Wildman–Crippen LogP) is 5.44. The van der Waals surface area contributed by atoms with E-state index >= 15 is 0 Å². The number of hydrogen-bond donors (Lipinski definition) is 1. The number of phenolic OH excluding ortho intramolecular Hbond substituents is 1. The first-order chi connectivity index (χ1) is 13.2. The molecule has 134 valence electrons. The molecule has 0 saturated carbocycles. The van der Waals surface area contributed by atoms with Crippen LogP contribution < -0.4 is 4.74 Å². The molecular weight excluding hydrogens is 340 g/mol. The third kappa shape index (κ3) is 3.25. The molecule has 6 nitrogen and oxygen atoms in total. The zero-order valence-corrected chi connectivity index (χ0v) is 15.0. The molecule has 0 saturated heterocycles. The lowest BCUT2D eigenvalue weighted by Crippen LogP contribution is -1.85. The van der Waals surface area contributed by atoms with Crippen molar-refractivity contribution >= 4 is 17.2 Å². The summed E-state index contributed by atoms with van der Waals surface area (Å²) in [6.45, 7) is 2.01. The molecule has 4 aromatic rings. The van der Waals surface area contributed by atoms with E-state index in [2.05, 4.69) is 10.2 Å². The van der Waals surface area contributed by atoms with Crippen LogP contribution in [0.1, 0.15) is 5.56 Å². The number of aryl methyl sites for hydroxylation is 1. The maximum Gasteiger partial charge on any atom is 0.187 e.